The van der Waals surface area contributed by atoms with Crippen LogP contribution in [0.2, 0.25) is 5.02 Å². The third-order valence-corrected chi connectivity index (χ3v) is 2.60. The van der Waals surface area contributed by atoms with Gasteiger partial charge in [0, 0.05) is 12.8 Å². The van der Waals surface area contributed by atoms with Crippen LogP contribution in [0.1, 0.15) is 32.3 Å². The fourth-order valence-corrected chi connectivity index (χ4v) is 1.74. The third kappa shape index (κ3) is 4.31. The zero-order valence-electron chi connectivity index (χ0n) is 9.59. The average molecular weight is 243 g/mol. The standard InChI is InChI=1S/C13H16ClFO/c1-9(2)7-11(16)5-3-10-4-6-13(15)12(14)8-10/h4,6,8-9H,3,5,7H2,1-2H3. The molecule has 0 aromatic heterocycles. The summed E-state index contributed by atoms with van der Waals surface area (Å²) in [6.45, 7) is 4.04. The minimum atomic E-state index is -0.418. The minimum absolute atomic E-state index is 0.119. The van der Waals surface area contributed by atoms with Gasteiger partial charge in [-0.15, -0.1) is 0 Å². The van der Waals surface area contributed by atoms with Gasteiger partial charge >= 0.3 is 0 Å². The second kappa shape index (κ2) is 6.00. The highest BCUT2D eigenvalue weighted by Crippen LogP contribution is 2.17. The van der Waals surface area contributed by atoms with Crippen molar-refractivity contribution in [2.75, 3.05) is 0 Å². The number of carbonyl (C=O) groups excluding carboxylic acids is 1. The van der Waals surface area contributed by atoms with Gasteiger partial charge in [0.15, 0.2) is 0 Å². The van der Waals surface area contributed by atoms with E-state index in [4.69, 9.17) is 11.6 Å². The maximum Gasteiger partial charge on any atom is 0.141 e. The number of rotatable bonds is 5. The quantitative estimate of drug-likeness (QED) is 0.762. The van der Waals surface area contributed by atoms with Crippen molar-refractivity contribution in [3.05, 3.63) is 34.6 Å². The van der Waals surface area contributed by atoms with Gasteiger partial charge in [-0.2, -0.15) is 0 Å². The summed E-state index contributed by atoms with van der Waals surface area (Å²) in [6, 6.07) is 4.59. The van der Waals surface area contributed by atoms with Gasteiger partial charge in [0.2, 0.25) is 0 Å². The molecule has 0 amide bonds. The Bertz CT molecular complexity index is 374. The van der Waals surface area contributed by atoms with Gasteiger partial charge in [0.25, 0.3) is 0 Å². The van der Waals surface area contributed by atoms with Gasteiger partial charge in [-0.05, 0) is 30.0 Å². The van der Waals surface area contributed by atoms with E-state index in [-0.39, 0.29) is 10.8 Å². The molecule has 0 saturated carbocycles. The van der Waals surface area contributed by atoms with Crippen LogP contribution >= 0.6 is 11.6 Å². The average Bonchev–Trinajstić information content (AvgIpc) is 2.19. The number of ketones is 1. The first-order valence-electron chi connectivity index (χ1n) is 5.44. The van der Waals surface area contributed by atoms with Gasteiger partial charge in [-0.1, -0.05) is 31.5 Å². The van der Waals surface area contributed by atoms with E-state index in [2.05, 4.69) is 0 Å². The lowest BCUT2D eigenvalue weighted by Gasteiger charge is -2.04. The van der Waals surface area contributed by atoms with Crippen LogP contribution in [0.4, 0.5) is 4.39 Å². The molecule has 0 heterocycles. The van der Waals surface area contributed by atoms with Crippen LogP contribution in [0.15, 0.2) is 18.2 Å². The zero-order valence-corrected chi connectivity index (χ0v) is 10.4. The van der Waals surface area contributed by atoms with Crippen LogP contribution in [0.25, 0.3) is 0 Å². The summed E-state index contributed by atoms with van der Waals surface area (Å²) in [4.78, 5) is 11.5. The summed E-state index contributed by atoms with van der Waals surface area (Å²) < 4.78 is 12.9. The molecule has 0 saturated heterocycles. The molecule has 88 valence electrons. The Labute approximate surface area is 101 Å². The molecule has 0 spiro atoms. The van der Waals surface area contributed by atoms with Crippen LogP contribution in [0.3, 0.4) is 0 Å². The van der Waals surface area contributed by atoms with Gasteiger partial charge < -0.3 is 0 Å². The summed E-state index contributed by atoms with van der Waals surface area (Å²) in [5.74, 6) is 0.221. The number of halogens is 2. The Hall–Kier alpha value is -0.890. The van der Waals surface area contributed by atoms with Crippen LogP contribution in [-0.2, 0) is 11.2 Å². The number of Topliss-reactive ketones (excluding diaryl/α,β-unsaturated/α-hetero) is 1. The molecule has 3 heteroatoms. The second-order valence-corrected chi connectivity index (χ2v) is 4.79. The van der Waals surface area contributed by atoms with Gasteiger partial charge in [0.05, 0.1) is 5.02 Å². The van der Waals surface area contributed by atoms with Crippen LogP contribution in [-0.4, -0.2) is 5.78 Å². The topological polar surface area (TPSA) is 17.1 Å². The van der Waals surface area contributed by atoms with E-state index in [1.165, 1.54) is 6.07 Å². The third-order valence-electron chi connectivity index (χ3n) is 2.31. The SMILES string of the molecule is CC(C)CC(=O)CCc1ccc(F)c(Cl)c1. The molecule has 1 aromatic carbocycles. The first-order valence-corrected chi connectivity index (χ1v) is 5.82. The van der Waals surface area contributed by atoms with Gasteiger partial charge in [-0.3, -0.25) is 4.79 Å². The van der Waals surface area contributed by atoms with Crippen LogP contribution < -0.4 is 0 Å². The monoisotopic (exact) mass is 242 g/mol. The van der Waals surface area contributed by atoms with E-state index in [0.29, 0.717) is 25.2 Å². The maximum atomic E-state index is 12.9. The Morgan fingerprint density at radius 2 is 2.12 bits per heavy atom. The Morgan fingerprint density at radius 1 is 1.44 bits per heavy atom. The van der Waals surface area contributed by atoms with Crippen molar-refractivity contribution >= 4 is 17.4 Å². The molecule has 0 unspecified atom stereocenters. The van der Waals surface area contributed by atoms with Crippen molar-refractivity contribution in [2.45, 2.75) is 33.1 Å². The molecule has 1 nitrogen and oxygen atoms in total. The number of aryl methyl sites for hydroxylation is 1. The van der Waals surface area contributed by atoms with Gasteiger partial charge in [0.1, 0.15) is 11.6 Å². The molecule has 0 bridgehead atoms. The number of carbonyl (C=O) groups is 1. The largest absolute Gasteiger partial charge is 0.300 e. The number of hydrogen-bond donors (Lipinski definition) is 0. The molecule has 0 aliphatic heterocycles. The maximum absolute atomic E-state index is 12.9. The molecule has 0 N–H and O–H groups in total. The predicted molar refractivity (Wildman–Crippen MR) is 64.2 cm³/mol. The van der Waals surface area contributed by atoms with E-state index in [1.807, 2.05) is 13.8 Å². The molecule has 0 atom stereocenters. The summed E-state index contributed by atoms with van der Waals surface area (Å²) in [5, 5.41) is 0.119. The lowest BCUT2D eigenvalue weighted by Crippen LogP contribution is -2.04. The van der Waals surface area contributed by atoms with E-state index in [9.17, 15) is 9.18 Å². The smallest absolute Gasteiger partial charge is 0.141 e. The van der Waals surface area contributed by atoms with Gasteiger partial charge in [-0.25, -0.2) is 4.39 Å². The van der Waals surface area contributed by atoms with Crippen molar-refractivity contribution in [2.24, 2.45) is 5.92 Å². The Kier molecular flexibility index (Phi) is 4.94. The van der Waals surface area contributed by atoms with E-state index >= 15 is 0 Å². The lowest BCUT2D eigenvalue weighted by molar-refractivity contribution is -0.119. The minimum Gasteiger partial charge on any atom is -0.300 e. The zero-order chi connectivity index (χ0) is 12.1. The van der Waals surface area contributed by atoms with E-state index in [0.717, 1.165) is 5.56 Å². The summed E-state index contributed by atoms with van der Waals surface area (Å²) in [6.07, 6.45) is 1.74. The van der Waals surface area contributed by atoms with E-state index < -0.39 is 5.82 Å². The fourth-order valence-electron chi connectivity index (χ4n) is 1.54. The van der Waals surface area contributed by atoms with Crippen molar-refractivity contribution in [3.63, 3.8) is 0 Å². The van der Waals surface area contributed by atoms with Crippen LogP contribution in [0.5, 0.6) is 0 Å². The predicted octanol–water partition coefficient (Wildman–Crippen LogP) is 4.03. The van der Waals surface area contributed by atoms with Crippen molar-refractivity contribution in [1.82, 2.24) is 0 Å². The highest BCUT2D eigenvalue weighted by Gasteiger charge is 2.06. The van der Waals surface area contributed by atoms with Crippen molar-refractivity contribution < 1.29 is 9.18 Å². The lowest BCUT2D eigenvalue weighted by atomic mass is 10.0. The Morgan fingerprint density at radius 3 is 2.69 bits per heavy atom. The number of benzene rings is 1. The first-order chi connectivity index (χ1) is 7.49. The molecule has 1 aromatic rings. The summed E-state index contributed by atoms with van der Waals surface area (Å²) in [5.41, 5.74) is 0.906. The summed E-state index contributed by atoms with van der Waals surface area (Å²) >= 11 is 5.65. The van der Waals surface area contributed by atoms with E-state index in [1.54, 1.807) is 12.1 Å². The highest BCUT2D eigenvalue weighted by atomic mass is 35.5. The summed E-state index contributed by atoms with van der Waals surface area (Å²) in [7, 11) is 0. The molecular weight excluding hydrogens is 227 g/mol. The first kappa shape index (κ1) is 13.2. The molecular formula is C13H16ClFO. The number of hydrogen-bond acceptors (Lipinski definition) is 1. The van der Waals surface area contributed by atoms with Crippen LogP contribution in [0, 0.1) is 11.7 Å². The molecule has 0 radical (unpaired) electrons. The second-order valence-electron chi connectivity index (χ2n) is 4.39. The van der Waals surface area contributed by atoms with Crippen molar-refractivity contribution in [1.29, 1.82) is 0 Å². The van der Waals surface area contributed by atoms with Crippen molar-refractivity contribution in [3.8, 4) is 0 Å². The Balaban J connectivity index is 2.48. The fraction of sp³-hybridized carbons (Fsp3) is 0.462. The normalized spacial score (nSPS) is 10.8. The molecule has 0 aliphatic rings. The molecule has 16 heavy (non-hydrogen) atoms. The highest BCUT2D eigenvalue weighted by molar-refractivity contribution is 6.30. The molecule has 0 aliphatic carbocycles. The molecule has 1 rings (SSSR count). The molecule has 0 fully saturated rings.